The molecule has 1 aliphatic rings. The van der Waals surface area contributed by atoms with Crippen molar-refractivity contribution in [1.82, 2.24) is 0 Å². The second kappa shape index (κ2) is 5.64. The number of hydrogen-bond acceptors (Lipinski definition) is 3. The van der Waals surface area contributed by atoms with Crippen LogP contribution in [0.1, 0.15) is 29.6 Å². The van der Waals surface area contributed by atoms with E-state index < -0.39 is 0 Å². The number of carbonyl (C=O) groups is 1. The van der Waals surface area contributed by atoms with E-state index in [2.05, 4.69) is 6.58 Å². The van der Waals surface area contributed by atoms with E-state index in [1.807, 2.05) is 12.1 Å². The molecule has 1 aromatic rings. The Morgan fingerprint density at radius 3 is 2.94 bits per heavy atom. The predicted octanol–water partition coefficient (Wildman–Crippen LogP) is 2.96. The van der Waals surface area contributed by atoms with E-state index >= 15 is 0 Å². The number of para-hydroxylation sites is 1. The lowest BCUT2D eigenvalue weighted by molar-refractivity contribution is -0.106. The molecular formula is C14H16O3. The van der Waals surface area contributed by atoms with Crippen LogP contribution in [0.25, 0.3) is 0 Å². The van der Waals surface area contributed by atoms with E-state index in [1.54, 1.807) is 12.1 Å². The summed E-state index contributed by atoms with van der Waals surface area (Å²) in [5.41, 5.74) is 0.539. The minimum atomic E-state index is -0.234. The molecule has 0 amide bonds. The Balaban J connectivity index is 2.13. The highest BCUT2D eigenvalue weighted by molar-refractivity contribution is 6.06. The van der Waals surface area contributed by atoms with Crippen molar-refractivity contribution >= 4 is 5.78 Å². The number of ether oxygens (including phenoxy) is 2. The van der Waals surface area contributed by atoms with Gasteiger partial charge >= 0.3 is 0 Å². The van der Waals surface area contributed by atoms with Crippen LogP contribution < -0.4 is 4.74 Å². The highest BCUT2D eigenvalue weighted by atomic mass is 16.7. The Bertz CT molecular complexity index is 406. The van der Waals surface area contributed by atoms with Crippen LogP contribution in [0, 0.1) is 0 Å². The molecule has 0 aromatic heterocycles. The Hall–Kier alpha value is -1.61. The summed E-state index contributed by atoms with van der Waals surface area (Å²) in [6.45, 7) is 4.21. The molecule has 0 aliphatic carbocycles. The molecule has 2 rings (SSSR count). The molecule has 0 radical (unpaired) electrons. The molecule has 0 spiro atoms. The molecule has 3 nitrogen and oxygen atoms in total. The number of ketones is 1. The summed E-state index contributed by atoms with van der Waals surface area (Å²) in [6.07, 6.45) is 4.11. The zero-order valence-corrected chi connectivity index (χ0v) is 9.72. The number of allylic oxidation sites excluding steroid dienone is 1. The van der Waals surface area contributed by atoms with Gasteiger partial charge in [0.25, 0.3) is 0 Å². The van der Waals surface area contributed by atoms with Gasteiger partial charge in [0.15, 0.2) is 12.1 Å². The molecular weight excluding hydrogens is 216 g/mol. The standard InChI is InChI=1S/C14H16O3/c1-2-12(15)11-7-3-4-8-13(11)17-14-9-5-6-10-16-14/h2-4,7-8,14H,1,5-6,9-10H2. The highest BCUT2D eigenvalue weighted by Gasteiger charge is 2.17. The van der Waals surface area contributed by atoms with Crippen molar-refractivity contribution in [3.05, 3.63) is 42.5 Å². The van der Waals surface area contributed by atoms with Gasteiger partial charge in [-0.15, -0.1) is 0 Å². The first-order valence-electron chi connectivity index (χ1n) is 5.85. The summed E-state index contributed by atoms with van der Waals surface area (Å²) in [6, 6.07) is 7.18. The fourth-order valence-electron chi connectivity index (χ4n) is 1.83. The van der Waals surface area contributed by atoms with Crippen LogP contribution in [0.5, 0.6) is 5.75 Å². The van der Waals surface area contributed by atoms with Crippen LogP contribution in [0.4, 0.5) is 0 Å². The van der Waals surface area contributed by atoms with Crippen molar-refractivity contribution in [2.75, 3.05) is 6.61 Å². The third-order valence-electron chi connectivity index (χ3n) is 2.73. The number of carbonyl (C=O) groups excluding carboxylic acids is 1. The lowest BCUT2D eigenvalue weighted by Crippen LogP contribution is -2.25. The van der Waals surface area contributed by atoms with Crippen LogP contribution in [-0.2, 0) is 4.74 Å². The second-order valence-corrected chi connectivity index (χ2v) is 3.98. The quantitative estimate of drug-likeness (QED) is 0.591. The smallest absolute Gasteiger partial charge is 0.199 e. The first kappa shape index (κ1) is 11.9. The fourth-order valence-corrected chi connectivity index (χ4v) is 1.83. The summed E-state index contributed by atoms with van der Waals surface area (Å²) in [4.78, 5) is 11.6. The molecule has 90 valence electrons. The minimum absolute atomic E-state index is 0.128. The van der Waals surface area contributed by atoms with Crippen LogP contribution in [-0.4, -0.2) is 18.7 Å². The van der Waals surface area contributed by atoms with Gasteiger partial charge in [-0.05, 0) is 31.1 Å². The van der Waals surface area contributed by atoms with Gasteiger partial charge in [0.2, 0.25) is 0 Å². The third kappa shape index (κ3) is 2.94. The summed E-state index contributed by atoms with van der Waals surface area (Å²) in [5, 5.41) is 0. The van der Waals surface area contributed by atoms with Crippen LogP contribution in [0.15, 0.2) is 36.9 Å². The molecule has 1 unspecified atom stereocenters. The Kier molecular flexibility index (Phi) is 3.94. The van der Waals surface area contributed by atoms with Gasteiger partial charge in [-0.1, -0.05) is 18.7 Å². The SMILES string of the molecule is C=CC(=O)c1ccccc1OC1CCCCO1. The molecule has 1 atom stereocenters. The Morgan fingerprint density at radius 1 is 1.41 bits per heavy atom. The van der Waals surface area contributed by atoms with Crippen molar-refractivity contribution < 1.29 is 14.3 Å². The maximum atomic E-state index is 11.6. The van der Waals surface area contributed by atoms with Gasteiger partial charge < -0.3 is 9.47 Å². The van der Waals surface area contributed by atoms with Crippen molar-refractivity contribution in [2.24, 2.45) is 0 Å². The second-order valence-electron chi connectivity index (χ2n) is 3.98. The Morgan fingerprint density at radius 2 is 2.24 bits per heavy atom. The third-order valence-corrected chi connectivity index (χ3v) is 2.73. The lowest BCUT2D eigenvalue weighted by atomic mass is 10.1. The van der Waals surface area contributed by atoms with Crippen molar-refractivity contribution in [1.29, 1.82) is 0 Å². The monoisotopic (exact) mass is 232 g/mol. The zero-order valence-electron chi connectivity index (χ0n) is 9.72. The lowest BCUT2D eigenvalue weighted by Gasteiger charge is -2.24. The average molecular weight is 232 g/mol. The first-order chi connectivity index (χ1) is 8.31. The zero-order chi connectivity index (χ0) is 12.1. The summed E-state index contributed by atoms with van der Waals surface area (Å²) in [7, 11) is 0. The van der Waals surface area contributed by atoms with Gasteiger partial charge in [0, 0.05) is 6.42 Å². The molecule has 0 bridgehead atoms. The van der Waals surface area contributed by atoms with Crippen molar-refractivity contribution in [3.8, 4) is 5.75 Å². The molecule has 17 heavy (non-hydrogen) atoms. The van der Waals surface area contributed by atoms with E-state index in [0.29, 0.717) is 11.3 Å². The van der Waals surface area contributed by atoms with E-state index in [1.165, 1.54) is 6.08 Å². The normalized spacial score (nSPS) is 19.6. The Labute approximate surface area is 101 Å². The van der Waals surface area contributed by atoms with E-state index in [-0.39, 0.29) is 12.1 Å². The van der Waals surface area contributed by atoms with Crippen LogP contribution in [0.2, 0.25) is 0 Å². The average Bonchev–Trinajstić information content (AvgIpc) is 2.40. The van der Waals surface area contributed by atoms with E-state index in [9.17, 15) is 4.79 Å². The van der Waals surface area contributed by atoms with Gasteiger partial charge in [0.1, 0.15) is 5.75 Å². The molecule has 0 N–H and O–H groups in total. The van der Waals surface area contributed by atoms with Gasteiger partial charge in [-0.25, -0.2) is 0 Å². The van der Waals surface area contributed by atoms with Crippen LogP contribution >= 0.6 is 0 Å². The maximum Gasteiger partial charge on any atom is 0.199 e. The largest absolute Gasteiger partial charge is 0.464 e. The minimum Gasteiger partial charge on any atom is -0.464 e. The fraction of sp³-hybridized carbons (Fsp3) is 0.357. The summed E-state index contributed by atoms with van der Waals surface area (Å²) < 4.78 is 11.2. The van der Waals surface area contributed by atoms with Crippen molar-refractivity contribution in [2.45, 2.75) is 25.6 Å². The molecule has 1 fully saturated rings. The molecule has 1 aromatic carbocycles. The molecule has 3 heteroatoms. The number of hydrogen-bond donors (Lipinski definition) is 0. The van der Waals surface area contributed by atoms with Crippen LogP contribution in [0.3, 0.4) is 0 Å². The predicted molar refractivity (Wildman–Crippen MR) is 65.2 cm³/mol. The summed E-state index contributed by atoms with van der Waals surface area (Å²) >= 11 is 0. The molecule has 1 saturated heterocycles. The van der Waals surface area contributed by atoms with Gasteiger partial charge in [0.05, 0.1) is 12.2 Å². The van der Waals surface area contributed by atoms with E-state index in [4.69, 9.17) is 9.47 Å². The van der Waals surface area contributed by atoms with Crippen molar-refractivity contribution in [3.63, 3.8) is 0 Å². The molecule has 1 heterocycles. The number of benzene rings is 1. The van der Waals surface area contributed by atoms with Gasteiger partial charge in [-0.3, -0.25) is 4.79 Å². The summed E-state index contributed by atoms with van der Waals surface area (Å²) in [5.74, 6) is 0.445. The highest BCUT2D eigenvalue weighted by Crippen LogP contribution is 2.23. The number of rotatable bonds is 4. The van der Waals surface area contributed by atoms with E-state index in [0.717, 1.165) is 25.9 Å². The molecule has 0 saturated carbocycles. The topological polar surface area (TPSA) is 35.5 Å². The first-order valence-corrected chi connectivity index (χ1v) is 5.85. The maximum absolute atomic E-state index is 11.6. The van der Waals surface area contributed by atoms with Gasteiger partial charge in [-0.2, -0.15) is 0 Å². The molecule has 1 aliphatic heterocycles.